The van der Waals surface area contributed by atoms with Crippen LogP contribution in [0.15, 0.2) is 205 Å². The molecule has 13 rings (SSSR count). The minimum atomic E-state index is -1.04. The van der Waals surface area contributed by atoms with E-state index in [9.17, 15) is 29.1 Å². The summed E-state index contributed by atoms with van der Waals surface area (Å²) in [5.74, 6) is -0.0424. The molecule has 4 unspecified atom stereocenters. The van der Waals surface area contributed by atoms with E-state index in [-0.39, 0.29) is 41.6 Å². The molecule has 5 N–H and O–H groups in total. The van der Waals surface area contributed by atoms with E-state index >= 15 is 0 Å². The topological polar surface area (TPSA) is 175 Å². The molecule has 0 fully saturated rings. The zero-order valence-electron chi connectivity index (χ0n) is 52.7. The molecule has 9 aromatic rings. The number of hydrogen-bond donors (Lipinski definition) is 5. The summed E-state index contributed by atoms with van der Waals surface area (Å²) in [7, 11) is 0. The second-order valence-electron chi connectivity index (χ2n) is 24.8. The Kier molecular flexibility index (Phi) is 21.9. The first-order chi connectivity index (χ1) is 44.1. The van der Waals surface area contributed by atoms with Gasteiger partial charge in [0.15, 0.2) is 0 Å². The second kappa shape index (κ2) is 30.7. The number of aromatic amines is 1. The first-order valence-corrected chi connectivity index (χ1v) is 33.1. The molecule has 11 nitrogen and oxygen atoms in total. The molecule has 0 bridgehead atoms. The fourth-order valence-corrected chi connectivity index (χ4v) is 14.8. The van der Waals surface area contributed by atoms with Crippen LogP contribution in [0.4, 0.5) is 0 Å². The molecule has 468 valence electrons. The van der Waals surface area contributed by atoms with Gasteiger partial charge >= 0.3 is 17.9 Å². The Balaban J connectivity index is 0.000000135. The van der Waals surface area contributed by atoms with Crippen LogP contribution < -0.4 is 10.6 Å². The van der Waals surface area contributed by atoms with Crippen molar-refractivity contribution >= 4 is 52.4 Å². The summed E-state index contributed by atoms with van der Waals surface area (Å²) < 4.78 is 5.24. The highest BCUT2D eigenvalue weighted by Gasteiger charge is 2.30. The monoisotopic (exact) mass is 1230 g/mol. The summed E-state index contributed by atoms with van der Waals surface area (Å²) in [5, 5.41) is 25.1. The number of hydrogen-bond acceptors (Lipinski definition) is 7. The number of nitrogens with one attached hydrogen (secondary N) is 3. The third kappa shape index (κ3) is 16.5. The number of amides is 2. The second-order valence-corrected chi connectivity index (χ2v) is 25.9. The highest BCUT2D eigenvalue weighted by atomic mass is 32.2. The number of carbonyl (C=O) groups is 5. The Hall–Kier alpha value is -9.00. The fourth-order valence-electron chi connectivity index (χ4n) is 13.8. The third-order valence-corrected chi connectivity index (χ3v) is 19.3. The molecule has 0 saturated carbocycles. The zero-order valence-corrected chi connectivity index (χ0v) is 53.5. The number of carbonyl (C=O) groups excluding carboxylic acids is 3. The van der Waals surface area contributed by atoms with E-state index < -0.39 is 18.0 Å². The molecule has 91 heavy (non-hydrogen) atoms. The summed E-state index contributed by atoms with van der Waals surface area (Å²) >= 11 is 1.41. The number of aryl methyl sites for hydroxylation is 2. The van der Waals surface area contributed by atoms with Crippen molar-refractivity contribution in [1.29, 1.82) is 0 Å². The van der Waals surface area contributed by atoms with Crippen molar-refractivity contribution in [3.63, 3.8) is 0 Å². The van der Waals surface area contributed by atoms with Gasteiger partial charge in [-0.2, -0.15) is 0 Å². The quantitative estimate of drug-likeness (QED) is 0.0556. The number of carboxylic acid groups (broad SMARTS) is 2. The van der Waals surface area contributed by atoms with Crippen LogP contribution in [-0.4, -0.2) is 62.8 Å². The lowest BCUT2D eigenvalue weighted by Gasteiger charge is -2.32. The Morgan fingerprint density at radius 2 is 1.04 bits per heavy atom. The average molecular weight is 1230 g/mol. The minimum Gasteiger partial charge on any atom is -0.480 e. The number of aromatic carboxylic acids is 1. The van der Waals surface area contributed by atoms with E-state index in [0.29, 0.717) is 34.8 Å². The molecular weight excluding hydrogens is 1150 g/mol. The number of H-pyrrole nitrogens is 1. The number of thioether (sulfide) groups is 1. The normalized spacial score (nSPS) is 18.8. The van der Waals surface area contributed by atoms with Crippen molar-refractivity contribution < 1.29 is 38.9 Å². The van der Waals surface area contributed by atoms with E-state index in [1.165, 1.54) is 136 Å². The van der Waals surface area contributed by atoms with Gasteiger partial charge in [0.2, 0.25) is 11.8 Å². The maximum Gasteiger partial charge on any atom is 0.338 e. The molecule has 2 amide bonds. The number of fused-ring (bicyclic) bond motifs is 5. The predicted octanol–water partition coefficient (Wildman–Crippen LogP) is 17.2. The first kappa shape index (κ1) is 65.0. The van der Waals surface area contributed by atoms with E-state index in [0.717, 1.165) is 29.7 Å². The van der Waals surface area contributed by atoms with Crippen molar-refractivity contribution in [3.8, 4) is 0 Å². The molecule has 12 heteroatoms. The van der Waals surface area contributed by atoms with Crippen LogP contribution in [0, 0.1) is 0 Å². The number of rotatable bonds is 13. The van der Waals surface area contributed by atoms with Gasteiger partial charge in [-0.3, -0.25) is 9.59 Å². The molecule has 0 aliphatic heterocycles. The lowest BCUT2D eigenvalue weighted by atomic mass is 9.74. The van der Waals surface area contributed by atoms with Gasteiger partial charge in [0.1, 0.15) is 6.04 Å². The van der Waals surface area contributed by atoms with E-state index in [2.05, 4.69) is 156 Å². The Morgan fingerprint density at radius 3 is 1.64 bits per heavy atom. The van der Waals surface area contributed by atoms with Gasteiger partial charge in [-0.25, -0.2) is 14.4 Å². The van der Waals surface area contributed by atoms with E-state index in [1.807, 2.05) is 68.6 Å². The Morgan fingerprint density at radius 1 is 0.527 bits per heavy atom. The number of aliphatic carboxylic acids is 1. The van der Waals surface area contributed by atoms with Gasteiger partial charge in [0, 0.05) is 59.9 Å². The summed E-state index contributed by atoms with van der Waals surface area (Å²) in [5.41, 5.74) is 18.5. The molecule has 0 saturated heterocycles. The number of esters is 1. The third-order valence-electron chi connectivity index (χ3n) is 18.2. The van der Waals surface area contributed by atoms with Crippen molar-refractivity contribution in [2.45, 2.75) is 151 Å². The van der Waals surface area contributed by atoms with Crippen LogP contribution >= 0.6 is 11.8 Å². The minimum absolute atomic E-state index is 0.0289. The van der Waals surface area contributed by atoms with Crippen LogP contribution in [-0.2, 0) is 32.0 Å². The Bertz CT molecular complexity index is 3990. The van der Waals surface area contributed by atoms with Gasteiger partial charge in [-0.05, 0) is 211 Å². The predicted molar refractivity (Wildman–Crippen MR) is 364 cm³/mol. The molecule has 4 aliphatic carbocycles. The van der Waals surface area contributed by atoms with Crippen LogP contribution in [0.3, 0.4) is 0 Å². The lowest BCUT2D eigenvalue weighted by Crippen LogP contribution is -2.41. The van der Waals surface area contributed by atoms with E-state index in [1.54, 1.807) is 19.1 Å². The molecule has 0 spiro atoms. The molecular formula is C79H83N3O8S. The van der Waals surface area contributed by atoms with Crippen molar-refractivity contribution in [1.82, 2.24) is 15.6 Å². The summed E-state index contributed by atoms with van der Waals surface area (Å²) in [6, 6.07) is 65.9. The molecule has 1 heterocycles. The fraction of sp³-hybridized carbons (Fsp3) is 0.304. The van der Waals surface area contributed by atoms with Gasteiger partial charge < -0.3 is 30.6 Å². The molecule has 1 aromatic heterocycles. The standard InChI is InChI=1S/C23H26N2O4S.C20H22O2.C18H17N.C18H18O2/c1-14(26)24-21-11-10-18(19-8-3-4-9-20(19)21)16-6-5-7-17(12-16)30-13-22(23(28)29)25-15(2)27;1-14(2)22-20(21)17-12-10-16(11-13-17)19-9-5-7-15-6-3-4-8-18(15)19;1-2-6-16-13(4-1)5-3-7-17(16)14-8-9-18-15(12-14)10-11-19-18;1-12-6-11-16(17-5-3-2-4-15(12)17)13-7-9-14(10-8-13)18(19)20/h3-9,12,18,21-22H,10-11,13H2,1-2H3,(H,24,26)(H,25,27)(H,28,29);3-4,6,8,10-14,19H,5,7,9H2,1-2H3;1-2,4,6,8-12,17,19H,3,5,7H2;2-5,7-10,12,16H,6,11H2,1H3,(H,19,20)/t18?,21-,22+;;;12-,16?/m1..1/s1. The van der Waals surface area contributed by atoms with Gasteiger partial charge in [-0.15, -0.1) is 11.8 Å². The highest BCUT2D eigenvalue weighted by Crippen LogP contribution is 2.44. The summed E-state index contributed by atoms with van der Waals surface area (Å²) in [6.07, 6.45) is 13.4. The number of benzene rings is 8. The summed E-state index contributed by atoms with van der Waals surface area (Å²) in [4.78, 5) is 61.2. The smallest absolute Gasteiger partial charge is 0.338 e. The van der Waals surface area contributed by atoms with Gasteiger partial charge in [0.25, 0.3) is 0 Å². The number of aromatic nitrogens is 1. The van der Waals surface area contributed by atoms with Crippen LogP contribution in [0.25, 0.3) is 10.9 Å². The van der Waals surface area contributed by atoms with Gasteiger partial charge in [0.05, 0.1) is 23.3 Å². The average Bonchev–Trinajstić information content (AvgIpc) is 1.26. The number of ether oxygens (including phenoxy) is 1. The number of carboxylic acids is 2. The van der Waals surface area contributed by atoms with Crippen LogP contribution in [0.2, 0.25) is 0 Å². The zero-order chi connectivity index (χ0) is 64.0. The summed E-state index contributed by atoms with van der Waals surface area (Å²) in [6.45, 7) is 8.87. The Labute approximate surface area is 539 Å². The highest BCUT2D eigenvalue weighted by molar-refractivity contribution is 7.99. The van der Waals surface area contributed by atoms with Crippen LogP contribution in [0.1, 0.15) is 209 Å². The SMILES string of the molecule is CC(=O)N[C@@H](CSc1cccc(C2CC[C@@H](NC(C)=O)c3ccccc32)c1)C(=O)O.CC(C)OC(=O)c1ccc(C2CCCc3ccccc32)cc1.C[C@@H]1CCC(c2ccc(C(=O)O)cc2)c2ccccc21.c1ccc2c(c1)CCCC2c1ccc2[nH]ccc2c1. The van der Waals surface area contributed by atoms with Crippen LogP contribution in [0.5, 0.6) is 0 Å². The van der Waals surface area contributed by atoms with E-state index in [4.69, 9.17) is 9.84 Å². The molecule has 8 aromatic carbocycles. The van der Waals surface area contributed by atoms with Crippen molar-refractivity contribution in [2.75, 3.05) is 5.75 Å². The maximum absolute atomic E-state index is 11.9. The van der Waals surface area contributed by atoms with Gasteiger partial charge in [-0.1, -0.05) is 146 Å². The van der Waals surface area contributed by atoms with Crippen molar-refractivity contribution in [3.05, 3.63) is 278 Å². The molecule has 4 aliphatic rings. The first-order valence-electron chi connectivity index (χ1n) is 32.1. The van der Waals surface area contributed by atoms with Crippen molar-refractivity contribution in [2.24, 2.45) is 0 Å². The molecule has 0 radical (unpaired) electrons. The molecule has 7 atom stereocenters. The maximum atomic E-state index is 11.9. The lowest BCUT2D eigenvalue weighted by molar-refractivity contribution is -0.140. The largest absolute Gasteiger partial charge is 0.480 e.